The molecule has 0 saturated heterocycles. The number of nitrogens with zero attached hydrogens (tertiary/aromatic N) is 2. The van der Waals surface area contributed by atoms with E-state index in [1.54, 1.807) is 17.4 Å². The molecule has 1 aliphatic heterocycles. The monoisotopic (exact) mass is 453 g/mol. The zero-order valence-corrected chi connectivity index (χ0v) is 19.7. The summed E-state index contributed by atoms with van der Waals surface area (Å²) in [6.45, 7) is 4.87. The predicted octanol–water partition coefficient (Wildman–Crippen LogP) is 6.59. The van der Waals surface area contributed by atoms with Crippen LogP contribution in [0.1, 0.15) is 37.0 Å². The van der Waals surface area contributed by atoms with E-state index in [9.17, 15) is 5.26 Å². The minimum Gasteiger partial charge on any atom is -0.457 e. The first-order valence-corrected chi connectivity index (χ1v) is 12.0. The maximum Gasteiger partial charge on any atom is 0.136 e. The van der Waals surface area contributed by atoms with E-state index in [-0.39, 0.29) is 0 Å². The molecule has 0 radical (unpaired) electrons. The van der Waals surface area contributed by atoms with Crippen LogP contribution in [0.4, 0.5) is 0 Å². The first kappa shape index (κ1) is 22.7. The summed E-state index contributed by atoms with van der Waals surface area (Å²) < 4.78 is 6.46. The summed E-state index contributed by atoms with van der Waals surface area (Å²) in [6, 6.07) is 18.2. The highest BCUT2D eigenvalue weighted by Gasteiger charge is 2.15. The number of thiophene rings is 1. The standard InChI is InChI=1S/C28H27N3OS/c1-19-3-9-25(16-27(31-20(19)2)24-12-14-33-18-24)32-28-15-22(17-30)6-10-26(28)23-7-4-21(5-8-23)11-13-29/h4-10,12,14-16,18-19H,3,11,13,29H2,1-2H3/b25-9-,27-16-,31-20?. The number of rotatable bonds is 6. The molecule has 33 heavy (non-hydrogen) atoms. The van der Waals surface area contributed by atoms with E-state index in [1.807, 2.05) is 18.2 Å². The molecule has 0 spiro atoms. The van der Waals surface area contributed by atoms with Crippen LogP contribution in [0.15, 0.2) is 82.2 Å². The topological polar surface area (TPSA) is 71.4 Å². The molecular weight excluding hydrogens is 426 g/mol. The van der Waals surface area contributed by atoms with Crippen molar-refractivity contribution in [2.45, 2.75) is 26.7 Å². The van der Waals surface area contributed by atoms with Gasteiger partial charge in [-0.05, 0) is 79.1 Å². The quantitative estimate of drug-likeness (QED) is 0.457. The molecule has 0 bridgehead atoms. The number of nitrogens with two attached hydrogens (primary N) is 1. The molecule has 4 rings (SSSR count). The van der Waals surface area contributed by atoms with Crippen LogP contribution in [0.25, 0.3) is 16.8 Å². The van der Waals surface area contributed by atoms with Crippen LogP contribution in [0.5, 0.6) is 5.75 Å². The van der Waals surface area contributed by atoms with E-state index < -0.39 is 0 Å². The predicted molar refractivity (Wildman–Crippen MR) is 137 cm³/mol. The Morgan fingerprint density at radius 1 is 1.15 bits per heavy atom. The molecule has 1 unspecified atom stereocenters. The van der Waals surface area contributed by atoms with E-state index in [4.69, 9.17) is 15.5 Å². The van der Waals surface area contributed by atoms with Gasteiger partial charge in [0.05, 0.1) is 17.3 Å². The van der Waals surface area contributed by atoms with E-state index in [1.165, 1.54) is 5.56 Å². The molecule has 0 fully saturated rings. The van der Waals surface area contributed by atoms with E-state index in [0.717, 1.165) is 46.7 Å². The lowest BCUT2D eigenvalue weighted by atomic mass is 9.99. The summed E-state index contributed by atoms with van der Waals surface area (Å²) >= 11 is 1.65. The fourth-order valence-electron chi connectivity index (χ4n) is 3.68. The SMILES string of the molecule is CC1=N/C(c2ccsc2)=C\C(Oc2cc(C#N)ccc2-c2ccc(CCN)cc2)=C\CC1C. The lowest BCUT2D eigenvalue weighted by Crippen LogP contribution is -2.09. The molecule has 3 aromatic rings. The van der Waals surface area contributed by atoms with Crippen molar-refractivity contribution in [1.29, 1.82) is 5.26 Å². The Morgan fingerprint density at radius 2 is 1.97 bits per heavy atom. The highest BCUT2D eigenvalue weighted by molar-refractivity contribution is 7.08. The summed E-state index contributed by atoms with van der Waals surface area (Å²) in [4.78, 5) is 4.89. The van der Waals surface area contributed by atoms with Crippen LogP contribution in [0, 0.1) is 17.2 Å². The molecule has 2 heterocycles. The molecule has 0 saturated carbocycles. The van der Waals surface area contributed by atoms with Gasteiger partial charge in [0.1, 0.15) is 11.5 Å². The summed E-state index contributed by atoms with van der Waals surface area (Å²) in [5.74, 6) is 1.70. The maximum absolute atomic E-state index is 9.48. The fourth-order valence-corrected chi connectivity index (χ4v) is 4.33. The Balaban J connectivity index is 1.74. The molecule has 5 heteroatoms. The molecule has 1 aliphatic rings. The van der Waals surface area contributed by atoms with Gasteiger partial charge in [0, 0.05) is 28.3 Å². The summed E-state index contributed by atoms with van der Waals surface area (Å²) in [5, 5.41) is 13.6. The molecule has 0 amide bonds. The van der Waals surface area contributed by atoms with Gasteiger partial charge in [0.25, 0.3) is 0 Å². The number of benzene rings is 2. The largest absolute Gasteiger partial charge is 0.457 e. The Labute approximate surface area is 199 Å². The molecule has 2 N–H and O–H groups in total. The molecule has 4 nitrogen and oxygen atoms in total. The van der Waals surface area contributed by atoms with Crippen molar-refractivity contribution >= 4 is 22.7 Å². The van der Waals surface area contributed by atoms with Crippen molar-refractivity contribution < 1.29 is 4.74 Å². The van der Waals surface area contributed by atoms with Gasteiger partial charge in [-0.15, -0.1) is 0 Å². The van der Waals surface area contributed by atoms with Gasteiger partial charge in [-0.2, -0.15) is 16.6 Å². The third-order valence-electron chi connectivity index (χ3n) is 5.81. The normalized spacial score (nSPS) is 19.2. The number of nitriles is 1. The average Bonchev–Trinajstić information content (AvgIpc) is 3.36. The lowest BCUT2D eigenvalue weighted by Gasteiger charge is -2.17. The van der Waals surface area contributed by atoms with Gasteiger partial charge in [-0.3, -0.25) is 4.99 Å². The first-order valence-electron chi connectivity index (χ1n) is 11.1. The van der Waals surface area contributed by atoms with Crippen molar-refractivity contribution in [2.75, 3.05) is 6.54 Å². The zero-order valence-electron chi connectivity index (χ0n) is 18.9. The third-order valence-corrected chi connectivity index (χ3v) is 6.50. The Morgan fingerprint density at radius 3 is 2.67 bits per heavy atom. The number of hydrogen-bond acceptors (Lipinski definition) is 5. The first-order chi connectivity index (χ1) is 16.1. The third kappa shape index (κ3) is 5.48. The minimum atomic E-state index is 0.311. The molecular formula is C28H27N3OS. The highest BCUT2D eigenvalue weighted by Crippen LogP contribution is 2.34. The van der Waals surface area contributed by atoms with E-state index in [0.29, 0.717) is 23.8 Å². The van der Waals surface area contributed by atoms with Crippen LogP contribution in [-0.2, 0) is 6.42 Å². The molecule has 1 aromatic heterocycles. The fraction of sp³-hybridized carbons (Fsp3) is 0.214. The van der Waals surface area contributed by atoms with Crippen molar-refractivity contribution in [2.24, 2.45) is 16.6 Å². The second kappa shape index (κ2) is 10.4. The van der Waals surface area contributed by atoms with Gasteiger partial charge in [-0.25, -0.2) is 0 Å². The lowest BCUT2D eigenvalue weighted by molar-refractivity contribution is 0.441. The van der Waals surface area contributed by atoms with Crippen molar-refractivity contribution in [3.05, 3.63) is 93.9 Å². The second-order valence-electron chi connectivity index (χ2n) is 8.20. The summed E-state index contributed by atoms with van der Waals surface area (Å²) in [7, 11) is 0. The van der Waals surface area contributed by atoms with E-state index in [2.05, 4.69) is 67.1 Å². The number of aliphatic imine (C=N–C) groups is 1. The van der Waals surface area contributed by atoms with Crippen molar-refractivity contribution in [3.63, 3.8) is 0 Å². The smallest absolute Gasteiger partial charge is 0.136 e. The van der Waals surface area contributed by atoms with Crippen LogP contribution < -0.4 is 10.5 Å². The highest BCUT2D eigenvalue weighted by atomic mass is 32.1. The van der Waals surface area contributed by atoms with Crippen molar-refractivity contribution in [3.8, 4) is 22.9 Å². The van der Waals surface area contributed by atoms with Crippen LogP contribution in [0.3, 0.4) is 0 Å². The molecule has 0 aliphatic carbocycles. The molecule has 2 aromatic carbocycles. The van der Waals surface area contributed by atoms with Gasteiger partial charge < -0.3 is 10.5 Å². The van der Waals surface area contributed by atoms with E-state index >= 15 is 0 Å². The zero-order chi connectivity index (χ0) is 23.2. The van der Waals surface area contributed by atoms with Crippen molar-refractivity contribution in [1.82, 2.24) is 0 Å². The average molecular weight is 454 g/mol. The summed E-state index contributed by atoms with van der Waals surface area (Å²) in [6.07, 6.45) is 5.78. The van der Waals surface area contributed by atoms with Crippen LogP contribution >= 0.6 is 11.3 Å². The van der Waals surface area contributed by atoms with Crippen LogP contribution in [0.2, 0.25) is 0 Å². The Kier molecular flexibility index (Phi) is 7.19. The Hall–Kier alpha value is -3.46. The van der Waals surface area contributed by atoms with Gasteiger partial charge in [0.2, 0.25) is 0 Å². The molecule has 1 atom stereocenters. The maximum atomic E-state index is 9.48. The second-order valence-corrected chi connectivity index (χ2v) is 8.98. The Bertz CT molecular complexity index is 1250. The van der Waals surface area contributed by atoms with Gasteiger partial charge in [0.15, 0.2) is 0 Å². The summed E-state index contributed by atoms with van der Waals surface area (Å²) in [5.41, 5.74) is 12.5. The number of ether oxygens (including phenoxy) is 1. The number of allylic oxidation sites excluding steroid dienone is 2. The number of hydrogen-bond donors (Lipinski definition) is 1. The molecule has 166 valence electrons. The van der Waals surface area contributed by atoms with Gasteiger partial charge in [-0.1, -0.05) is 31.2 Å². The minimum absolute atomic E-state index is 0.311. The van der Waals surface area contributed by atoms with Crippen LogP contribution in [-0.4, -0.2) is 12.3 Å². The van der Waals surface area contributed by atoms with Gasteiger partial charge >= 0.3 is 0 Å².